The van der Waals surface area contributed by atoms with Crippen molar-refractivity contribution < 1.29 is 13.2 Å². The van der Waals surface area contributed by atoms with Crippen LogP contribution in [0.3, 0.4) is 0 Å². The van der Waals surface area contributed by atoms with Crippen LogP contribution in [0, 0.1) is 0 Å². The fraction of sp³-hybridized carbons (Fsp3) is 0.385. The van der Waals surface area contributed by atoms with Gasteiger partial charge in [0.15, 0.2) is 0 Å². The summed E-state index contributed by atoms with van der Waals surface area (Å²) in [5.41, 5.74) is 11.2. The van der Waals surface area contributed by atoms with E-state index in [0.717, 1.165) is 10.7 Å². The van der Waals surface area contributed by atoms with Crippen LogP contribution in [0.5, 0.6) is 0 Å². The number of thiocarbonyl (C=S) groups is 1. The number of nitrogens with two attached hydrogens (primary N) is 2. The molecule has 0 aromatic heterocycles. The molecular formula is C13H17N3O3S2. The number of piperidine rings is 1. The Morgan fingerprint density at radius 3 is 2.52 bits per heavy atom. The molecule has 0 spiro atoms. The van der Waals surface area contributed by atoms with E-state index in [1.165, 1.54) is 6.07 Å². The lowest BCUT2D eigenvalue weighted by atomic mass is 10.0. The Morgan fingerprint density at radius 1 is 1.24 bits per heavy atom. The summed E-state index contributed by atoms with van der Waals surface area (Å²) in [5.74, 6) is -0.633. The van der Waals surface area contributed by atoms with E-state index in [2.05, 4.69) is 0 Å². The molecule has 0 radical (unpaired) electrons. The molecule has 0 saturated carbocycles. The Labute approximate surface area is 129 Å². The molecule has 1 aromatic rings. The van der Waals surface area contributed by atoms with Crippen molar-refractivity contribution in [2.24, 2.45) is 11.5 Å². The first-order valence-corrected chi connectivity index (χ1v) is 8.40. The van der Waals surface area contributed by atoms with E-state index in [-0.39, 0.29) is 22.0 Å². The monoisotopic (exact) mass is 327 g/mol. The van der Waals surface area contributed by atoms with Crippen molar-refractivity contribution in [3.8, 4) is 0 Å². The number of carbonyl (C=O) groups excluding carboxylic acids is 1. The van der Waals surface area contributed by atoms with Crippen molar-refractivity contribution in [1.29, 1.82) is 0 Å². The third kappa shape index (κ3) is 3.07. The minimum atomic E-state index is -3.87. The quantitative estimate of drug-likeness (QED) is 0.776. The van der Waals surface area contributed by atoms with Gasteiger partial charge in [0, 0.05) is 12.1 Å². The highest BCUT2D eigenvalue weighted by Crippen LogP contribution is 2.27. The van der Waals surface area contributed by atoms with Crippen molar-refractivity contribution in [3.05, 3.63) is 29.8 Å². The SMILES string of the molecule is NC(=O)C1CCCCN1S(=O)(=O)c1ccccc1C(N)=S. The second-order valence-electron chi connectivity index (χ2n) is 4.89. The lowest BCUT2D eigenvalue weighted by molar-refractivity contribution is -0.122. The molecule has 1 heterocycles. The van der Waals surface area contributed by atoms with Gasteiger partial charge in [-0.3, -0.25) is 4.79 Å². The van der Waals surface area contributed by atoms with E-state index in [4.69, 9.17) is 23.7 Å². The summed E-state index contributed by atoms with van der Waals surface area (Å²) in [6, 6.07) is 5.44. The van der Waals surface area contributed by atoms with Gasteiger partial charge in [-0.05, 0) is 18.9 Å². The Bertz CT molecular complexity index is 673. The molecule has 1 fully saturated rings. The number of benzene rings is 1. The molecule has 8 heteroatoms. The standard InChI is InChI=1S/C13H17N3O3S2/c14-12(17)10-6-3-4-8-16(10)21(18,19)11-7-2-1-5-9(11)13(15)20/h1-2,5,7,10H,3-4,6,8H2,(H2,14,17)(H2,15,20). The van der Waals surface area contributed by atoms with Gasteiger partial charge >= 0.3 is 0 Å². The summed E-state index contributed by atoms with van der Waals surface area (Å²) in [6.45, 7) is 0.265. The summed E-state index contributed by atoms with van der Waals surface area (Å²) < 4.78 is 26.8. The van der Waals surface area contributed by atoms with Gasteiger partial charge in [-0.25, -0.2) is 8.42 Å². The predicted octanol–water partition coefficient (Wildman–Crippen LogP) is 0.349. The van der Waals surface area contributed by atoms with Gasteiger partial charge in [0.1, 0.15) is 11.0 Å². The van der Waals surface area contributed by atoms with Gasteiger partial charge < -0.3 is 11.5 Å². The van der Waals surface area contributed by atoms with E-state index >= 15 is 0 Å². The van der Waals surface area contributed by atoms with Crippen LogP contribution in [0.25, 0.3) is 0 Å². The van der Waals surface area contributed by atoms with E-state index in [9.17, 15) is 13.2 Å². The van der Waals surface area contributed by atoms with Crippen LogP contribution in [0.1, 0.15) is 24.8 Å². The molecule has 2 rings (SSSR count). The van der Waals surface area contributed by atoms with Gasteiger partial charge in [0.05, 0.1) is 4.90 Å². The van der Waals surface area contributed by atoms with Gasteiger partial charge in [0.25, 0.3) is 0 Å². The van der Waals surface area contributed by atoms with Crippen LogP contribution < -0.4 is 11.5 Å². The van der Waals surface area contributed by atoms with Crippen LogP contribution in [0.15, 0.2) is 29.2 Å². The first-order valence-electron chi connectivity index (χ1n) is 6.55. The number of primary amides is 1. The van der Waals surface area contributed by atoms with Crippen LogP contribution >= 0.6 is 12.2 Å². The molecular weight excluding hydrogens is 310 g/mol. The number of sulfonamides is 1. The van der Waals surface area contributed by atoms with E-state index in [1.54, 1.807) is 18.2 Å². The first kappa shape index (κ1) is 15.9. The predicted molar refractivity (Wildman–Crippen MR) is 83.1 cm³/mol. The fourth-order valence-corrected chi connectivity index (χ4v) is 4.61. The Hall–Kier alpha value is -1.51. The number of hydrogen-bond acceptors (Lipinski definition) is 4. The van der Waals surface area contributed by atoms with Crippen LogP contribution in [0.2, 0.25) is 0 Å². The second kappa shape index (κ2) is 6.08. The molecule has 1 atom stereocenters. The highest BCUT2D eigenvalue weighted by Gasteiger charge is 2.37. The largest absolute Gasteiger partial charge is 0.389 e. The average Bonchev–Trinajstić information content (AvgIpc) is 2.47. The highest BCUT2D eigenvalue weighted by molar-refractivity contribution is 7.89. The molecule has 1 aliphatic heterocycles. The lowest BCUT2D eigenvalue weighted by Crippen LogP contribution is -2.50. The topological polar surface area (TPSA) is 106 Å². The maximum absolute atomic E-state index is 12.8. The Balaban J connectivity index is 2.51. The van der Waals surface area contributed by atoms with Crippen molar-refractivity contribution in [3.63, 3.8) is 0 Å². The van der Waals surface area contributed by atoms with Crippen LogP contribution in [-0.2, 0) is 14.8 Å². The van der Waals surface area contributed by atoms with Crippen molar-refractivity contribution in [2.75, 3.05) is 6.54 Å². The third-order valence-electron chi connectivity index (χ3n) is 3.52. The van der Waals surface area contributed by atoms with Gasteiger partial charge in [0.2, 0.25) is 15.9 Å². The normalized spacial score (nSPS) is 20.1. The molecule has 1 amide bonds. The summed E-state index contributed by atoms with van der Waals surface area (Å²) in [7, 11) is -3.87. The van der Waals surface area contributed by atoms with Crippen molar-refractivity contribution in [1.82, 2.24) is 4.31 Å². The number of nitrogens with zero attached hydrogens (tertiary/aromatic N) is 1. The number of rotatable bonds is 4. The minimum Gasteiger partial charge on any atom is -0.389 e. The van der Waals surface area contributed by atoms with E-state index in [1.807, 2.05) is 0 Å². The Kier molecular flexibility index (Phi) is 4.60. The molecule has 6 nitrogen and oxygen atoms in total. The minimum absolute atomic E-state index is 0.00168. The van der Waals surface area contributed by atoms with E-state index in [0.29, 0.717) is 12.8 Å². The third-order valence-corrected chi connectivity index (χ3v) is 5.71. The molecule has 21 heavy (non-hydrogen) atoms. The smallest absolute Gasteiger partial charge is 0.244 e. The van der Waals surface area contributed by atoms with Crippen LogP contribution in [0.4, 0.5) is 0 Å². The molecule has 1 aromatic carbocycles. The summed E-state index contributed by atoms with van der Waals surface area (Å²) in [5, 5.41) is 0. The number of carbonyl (C=O) groups is 1. The summed E-state index contributed by atoms with van der Waals surface area (Å²) >= 11 is 4.90. The maximum Gasteiger partial charge on any atom is 0.244 e. The second-order valence-corrected chi connectivity index (χ2v) is 7.19. The highest BCUT2D eigenvalue weighted by atomic mass is 32.2. The van der Waals surface area contributed by atoms with Gasteiger partial charge in [-0.15, -0.1) is 0 Å². The molecule has 4 N–H and O–H groups in total. The summed E-state index contributed by atoms with van der Waals surface area (Å²) in [6.07, 6.45) is 1.90. The molecule has 0 bridgehead atoms. The maximum atomic E-state index is 12.8. The fourth-order valence-electron chi connectivity index (χ4n) is 2.50. The van der Waals surface area contributed by atoms with E-state index < -0.39 is 22.0 Å². The zero-order chi connectivity index (χ0) is 15.6. The molecule has 1 saturated heterocycles. The van der Waals surface area contributed by atoms with Crippen molar-refractivity contribution in [2.45, 2.75) is 30.2 Å². The number of hydrogen-bond donors (Lipinski definition) is 2. The molecule has 0 aliphatic carbocycles. The van der Waals surface area contributed by atoms with Gasteiger partial charge in [-0.1, -0.05) is 36.8 Å². The molecule has 114 valence electrons. The molecule has 1 aliphatic rings. The zero-order valence-corrected chi connectivity index (χ0v) is 13.0. The van der Waals surface area contributed by atoms with Crippen molar-refractivity contribution >= 4 is 33.1 Å². The Morgan fingerprint density at radius 2 is 1.90 bits per heavy atom. The lowest BCUT2D eigenvalue weighted by Gasteiger charge is -2.33. The molecule has 1 unspecified atom stereocenters. The average molecular weight is 327 g/mol. The zero-order valence-electron chi connectivity index (χ0n) is 11.4. The summed E-state index contributed by atoms with van der Waals surface area (Å²) in [4.78, 5) is 11.5. The number of amides is 1. The van der Waals surface area contributed by atoms with Gasteiger partial charge in [-0.2, -0.15) is 4.31 Å². The first-order chi connectivity index (χ1) is 9.85. The van der Waals surface area contributed by atoms with Crippen LogP contribution in [-0.4, -0.2) is 36.2 Å².